The van der Waals surface area contributed by atoms with Gasteiger partial charge in [0.1, 0.15) is 0 Å². The standard InChI is InChI=1S/C15H13N5O2S/c1-22-13-8-10(2-3-12(13)21)9-17-20-14(18-19-15(20)23)11-4-6-16-7-5-11/h2-9,21H,1H3,(H,19,23). The van der Waals surface area contributed by atoms with Crippen LogP contribution >= 0.6 is 12.2 Å². The number of nitrogens with one attached hydrogen (secondary N) is 1. The van der Waals surface area contributed by atoms with Crippen LogP contribution in [-0.4, -0.2) is 38.3 Å². The molecule has 0 saturated heterocycles. The lowest BCUT2D eigenvalue weighted by atomic mass is 10.2. The van der Waals surface area contributed by atoms with Crippen LogP contribution in [0.4, 0.5) is 0 Å². The Morgan fingerprint density at radius 2 is 2.09 bits per heavy atom. The number of hydrogen-bond donors (Lipinski definition) is 2. The average molecular weight is 327 g/mol. The largest absolute Gasteiger partial charge is 0.504 e. The van der Waals surface area contributed by atoms with Crippen LogP contribution in [0.5, 0.6) is 11.5 Å². The van der Waals surface area contributed by atoms with Crippen LogP contribution in [0.2, 0.25) is 0 Å². The molecule has 2 heterocycles. The number of phenolic OH excluding ortho intramolecular Hbond substituents is 1. The molecule has 0 aliphatic rings. The predicted octanol–water partition coefficient (Wildman–Crippen LogP) is 2.60. The molecule has 2 aromatic heterocycles. The maximum absolute atomic E-state index is 9.61. The molecule has 3 rings (SSSR count). The Morgan fingerprint density at radius 1 is 1.30 bits per heavy atom. The van der Waals surface area contributed by atoms with Gasteiger partial charge in [-0.15, -0.1) is 0 Å². The van der Waals surface area contributed by atoms with E-state index in [-0.39, 0.29) is 5.75 Å². The van der Waals surface area contributed by atoms with Crippen molar-refractivity contribution in [3.8, 4) is 22.9 Å². The molecular formula is C15H13N5O2S. The normalized spacial score (nSPS) is 11.0. The minimum absolute atomic E-state index is 0.0713. The minimum atomic E-state index is 0.0713. The molecule has 0 radical (unpaired) electrons. The fourth-order valence-electron chi connectivity index (χ4n) is 1.99. The topological polar surface area (TPSA) is 88.3 Å². The van der Waals surface area contributed by atoms with Gasteiger partial charge in [-0.25, -0.2) is 5.10 Å². The third-order valence-corrected chi connectivity index (χ3v) is 3.38. The van der Waals surface area contributed by atoms with Gasteiger partial charge in [0.15, 0.2) is 17.3 Å². The van der Waals surface area contributed by atoms with Crippen molar-refractivity contribution in [2.45, 2.75) is 0 Å². The highest BCUT2D eigenvalue weighted by Crippen LogP contribution is 2.25. The molecule has 0 bridgehead atoms. The van der Waals surface area contributed by atoms with Crippen LogP contribution in [0.15, 0.2) is 47.8 Å². The van der Waals surface area contributed by atoms with Gasteiger partial charge in [-0.05, 0) is 48.1 Å². The number of H-pyrrole nitrogens is 1. The number of rotatable bonds is 4. The average Bonchev–Trinajstić information content (AvgIpc) is 2.95. The zero-order valence-corrected chi connectivity index (χ0v) is 13.0. The molecule has 0 spiro atoms. The minimum Gasteiger partial charge on any atom is -0.504 e. The van der Waals surface area contributed by atoms with Crippen molar-refractivity contribution in [1.82, 2.24) is 19.9 Å². The lowest BCUT2D eigenvalue weighted by Gasteiger charge is -2.04. The van der Waals surface area contributed by atoms with Crippen LogP contribution in [0.1, 0.15) is 5.56 Å². The van der Waals surface area contributed by atoms with Crippen molar-refractivity contribution in [2.24, 2.45) is 5.10 Å². The summed E-state index contributed by atoms with van der Waals surface area (Å²) in [4.78, 5) is 3.98. The molecule has 116 valence electrons. The number of aromatic nitrogens is 4. The highest BCUT2D eigenvalue weighted by molar-refractivity contribution is 7.71. The molecule has 0 aliphatic heterocycles. The first kappa shape index (κ1) is 14.9. The number of benzene rings is 1. The Bertz CT molecular complexity index is 902. The smallest absolute Gasteiger partial charge is 0.216 e. The van der Waals surface area contributed by atoms with Crippen molar-refractivity contribution in [3.05, 3.63) is 53.1 Å². The Balaban J connectivity index is 1.98. The number of hydrogen-bond acceptors (Lipinski definition) is 6. The van der Waals surface area contributed by atoms with E-state index in [1.165, 1.54) is 11.8 Å². The fourth-order valence-corrected chi connectivity index (χ4v) is 2.16. The van der Waals surface area contributed by atoms with Gasteiger partial charge < -0.3 is 9.84 Å². The van der Waals surface area contributed by atoms with Gasteiger partial charge >= 0.3 is 0 Å². The zero-order valence-electron chi connectivity index (χ0n) is 12.2. The summed E-state index contributed by atoms with van der Waals surface area (Å²) >= 11 is 5.21. The lowest BCUT2D eigenvalue weighted by Crippen LogP contribution is -1.95. The summed E-state index contributed by atoms with van der Waals surface area (Å²) < 4.78 is 6.97. The van der Waals surface area contributed by atoms with E-state index in [1.54, 1.807) is 36.8 Å². The second kappa shape index (κ2) is 6.41. The third-order valence-electron chi connectivity index (χ3n) is 3.12. The zero-order chi connectivity index (χ0) is 16.2. The highest BCUT2D eigenvalue weighted by Gasteiger charge is 2.07. The Hall–Kier alpha value is -3.00. The van der Waals surface area contributed by atoms with E-state index in [0.717, 1.165) is 11.1 Å². The maximum Gasteiger partial charge on any atom is 0.216 e. The molecule has 8 heteroatoms. The van der Waals surface area contributed by atoms with Crippen LogP contribution in [-0.2, 0) is 0 Å². The van der Waals surface area contributed by atoms with Gasteiger partial charge in [-0.2, -0.15) is 14.9 Å². The summed E-state index contributed by atoms with van der Waals surface area (Å²) in [5, 5.41) is 20.9. The number of aromatic hydroxyl groups is 1. The third kappa shape index (κ3) is 3.11. The summed E-state index contributed by atoms with van der Waals surface area (Å²) in [6, 6.07) is 8.57. The number of nitrogens with zero attached hydrogens (tertiary/aromatic N) is 4. The van der Waals surface area contributed by atoms with E-state index < -0.39 is 0 Å². The van der Waals surface area contributed by atoms with Gasteiger partial charge in [0.2, 0.25) is 4.77 Å². The van der Waals surface area contributed by atoms with Crippen LogP contribution in [0.25, 0.3) is 11.4 Å². The van der Waals surface area contributed by atoms with Gasteiger partial charge in [-0.3, -0.25) is 4.98 Å². The molecule has 3 aromatic rings. The quantitative estimate of drug-likeness (QED) is 0.568. The monoisotopic (exact) mass is 327 g/mol. The molecule has 0 unspecified atom stereocenters. The Labute approximate surface area is 136 Å². The van der Waals surface area contributed by atoms with Crippen LogP contribution < -0.4 is 4.74 Å². The molecule has 0 aliphatic carbocycles. The first-order valence-electron chi connectivity index (χ1n) is 6.68. The number of pyridine rings is 1. The lowest BCUT2D eigenvalue weighted by molar-refractivity contribution is 0.373. The molecule has 0 saturated carbocycles. The van der Waals surface area contributed by atoms with E-state index in [9.17, 15) is 5.11 Å². The maximum atomic E-state index is 9.61. The summed E-state index contributed by atoms with van der Waals surface area (Å²) in [6.07, 6.45) is 4.95. The van der Waals surface area contributed by atoms with E-state index in [2.05, 4.69) is 20.3 Å². The summed E-state index contributed by atoms with van der Waals surface area (Å²) in [7, 11) is 1.49. The van der Waals surface area contributed by atoms with Crippen LogP contribution in [0.3, 0.4) is 0 Å². The van der Waals surface area contributed by atoms with Gasteiger partial charge in [0, 0.05) is 18.0 Å². The molecule has 2 N–H and O–H groups in total. The fraction of sp³-hybridized carbons (Fsp3) is 0.0667. The number of ether oxygens (including phenoxy) is 1. The Morgan fingerprint density at radius 3 is 2.83 bits per heavy atom. The molecule has 0 atom stereocenters. The van der Waals surface area contributed by atoms with Gasteiger partial charge in [0.25, 0.3) is 0 Å². The second-order valence-corrected chi connectivity index (χ2v) is 4.96. The van der Waals surface area contributed by atoms with Crippen molar-refractivity contribution in [3.63, 3.8) is 0 Å². The van der Waals surface area contributed by atoms with E-state index in [1.807, 2.05) is 12.1 Å². The van der Waals surface area contributed by atoms with Gasteiger partial charge in [-0.1, -0.05) is 0 Å². The molecule has 0 fully saturated rings. The number of methoxy groups -OCH3 is 1. The molecule has 0 amide bonds. The van der Waals surface area contributed by atoms with E-state index in [0.29, 0.717) is 16.3 Å². The summed E-state index contributed by atoms with van der Waals surface area (Å²) in [5.74, 6) is 1.03. The predicted molar refractivity (Wildman–Crippen MR) is 88.3 cm³/mol. The Kier molecular flexibility index (Phi) is 4.15. The van der Waals surface area contributed by atoms with Crippen molar-refractivity contribution >= 4 is 18.4 Å². The van der Waals surface area contributed by atoms with Crippen molar-refractivity contribution < 1.29 is 9.84 Å². The molecule has 7 nitrogen and oxygen atoms in total. The SMILES string of the molecule is COc1cc(C=Nn2c(-c3ccncc3)n[nH]c2=S)ccc1O. The second-order valence-electron chi connectivity index (χ2n) is 4.58. The van der Waals surface area contributed by atoms with Crippen molar-refractivity contribution in [2.75, 3.05) is 7.11 Å². The van der Waals surface area contributed by atoms with Crippen LogP contribution in [0, 0.1) is 4.77 Å². The van der Waals surface area contributed by atoms with Gasteiger partial charge in [0.05, 0.1) is 13.3 Å². The molecular weight excluding hydrogens is 314 g/mol. The number of aromatic amines is 1. The molecule has 23 heavy (non-hydrogen) atoms. The highest BCUT2D eigenvalue weighted by atomic mass is 32.1. The summed E-state index contributed by atoms with van der Waals surface area (Å²) in [5.41, 5.74) is 1.59. The van der Waals surface area contributed by atoms with Crippen molar-refractivity contribution in [1.29, 1.82) is 0 Å². The molecule has 1 aromatic carbocycles. The number of phenols is 1. The first-order valence-corrected chi connectivity index (χ1v) is 7.09. The first-order chi connectivity index (χ1) is 11.2. The summed E-state index contributed by atoms with van der Waals surface area (Å²) in [6.45, 7) is 0. The van der Waals surface area contributed by atoms with E-state index >= 15 is 0 Å². The van der Waals surface area contributed by atoms with E-state index in [4.69, 9.17) is 17.0 Å².